The summed E-state index contributed by atoms with van der Waals surface area (Å²) in [7, 11) is 1.87. The molecule has 1 aliphatic heterocycles. The highest BCUT2D eigenvalue weighted by molar-refractivity contribution is 9.10. The van der Waals surface area contributed by atoms with Gasteiger partial charge >= 0.3 is 0 Å². The average Bonchev–Trinajstić information content (AvgIpc) is 3.37. The second kappa shape index (κ2) is 8.16. The van der Waals surface area contributed by atoms with Gasteiger partial charge in [0.1, 0.15) is 12.4 Å². The molecule has 1 atom stereocenters. The van der Waals surface area contributed by atoms with Gasteiger partial charge in [-0.1, -0.05) is 28.1 Å². The van der Waals surface area contributed by atoms with Gasteiger partial charge in [-0.05, 0) is 49.2 Å². The number of rotatable bonds is 4. The summed E-state index contributed by atoms with van der Waals surface area (Å²) in [5.74, 6) is 0.417. The Morgan fingerprint density at radius 3 is 2.69 bits per heavy atom. The van der Waals surface area contributed by atoms with Crippen LogP contribution in [-0.4, -0.2) is 44.1 Å². The van der Waals surface area contributed by atoms with Crippen LogP contribution >= 0.6 is 15.9 Å². The molecule has 2 amide bonds. The number of carbonyl (C=O) groups is 2. The molecule has 1 fully saturated rings. The third-order valence-corrected chi connectivity index (χ3v) is 5.54. The molecule has 3 aromatic rings. The number of aryl methyl sites for hydroxylation is 1. The summed E-state index contributed by atoms with van der Waals surface area (Å²) in [5, 5.41) is 10.9. The number of nitrogens with one attached hydrogen (secondary N) is 1. The Kier molecular flexibility index (Phi) is 5.44. The number of anilines is 1. The standard InChI is InChI=1S/C21H20BrN5O2/c1-26-13-23-25-19(26)15-4-2-5-17(12-15)24-20(28)18-6-3-11-27(18)21(29)14-7-9-16(22)10-8-14/h2,4-5,7-10,12-13,18H,3,6,11H2,1H3,(H,24,28). The highest BCUT2D eigenvalue weighted by atomic mass is 79.9. The molecule has 1 unspecified atom stereocenters. The van der Waals surface area contributed by atoms with Crippen LogP contribution in [0.3, 0.4) is 0 Å². The van der Waals surface area contributed by atoms with E-state index >= 15 is 0 Å². The zero-order chi connectivity index (χ0) is 20.4. The fourth-order valence-electron chi connectivity index (χ4n) is 3.55. The van der Waals surface area contributed by atoms with Gasteiger partial charge in [-0.2, -0.15) is 0 Å². The first-order chi connectivity index (χ1) is 14.0. The molecule has 0 aliphatic carbocycles. The molecule has 8 heteroatoms. The summed E-state index contributed by atoms with van der Waals surface area (Å²) in [4.78, 5) is 27.5. The molecule has 1 saturated heterocycles. The molecule has 1 aromatic heterocycles. The van der Waals surface area contributed by atoms with Crippen molar-refractivity contribution < 1.29 is 9.59 Å². The summed E-state index contributed by atoms with van der Waals surface area (Å²) in [6.07, 6.45) is 3.08. The highest BCUT2D eigenvalue weighted by Gasteiger charge is 2.34. The first-order valence-corrected chi connectivity index (χ1v) is 10.1. The summed E-state index contributed by atoms with van der Waals surface area (Å²) < 4.78 is 2.73. The van der Waals surface area contributed by atoms with Gasteiger partial charge in [0.05, 0.1) is 0 Å². The van der Waals surface area contributed by atoms with Crippen LogP contribution in [0.25, 0.3) is 11.4 Å². The van der Waals surface area contributed by atoms with E-state index in [1.165, 1.54) is 0 Å². The maximum absolute atomic E-state index is 12.9. The Balaban J connectivity index is 1.50. The van der Waals surface area contributed by atoms with Crippen molar-refractivity contribution >= 4 is 33.4 Å². The van der Waals surface area contributed by atoms with Crippen molar-refractivity contribution in [1.29, 1.82) is 0 Å². The molecule has 2 aromatic carbocycles. The van der Waals surface area contributed by atoms with E-state index in [1.54, 1.807) is 23.4 Å². The van der Waals surface area contributed by atoms with E-state index in [0.717, 1.165) is 16.5 Å². The summed E-state index contributed by atoms with van der Waals surface area (Å²) in [5.41, 5.74) is 2.10. The fourth-order valence-corrected chi connectivity index (χ4v) is 3.81. The van der Waals surface area contributed by atoms with E-state index in [-0.39, 0.29) is 11.8 Å². The number of likely N-dealkylation sites (tertiary alicyclic amines) is 1. The van der Waals surface area contributed by atoms with Gasteiger partial charge in [0.25, 0.3) is 5.91 Å². The minimum absolute atomic E-state index is 0.122. The zero-order valence-corrected chi connectivity index (χ0v) is 17.5. The summed E-state index contributed by atoms with van der Waals surface area (Å²) in [6, 6.07) is 14.2. The van der Waals surface area contributed by atoms with Gasteiger partial charge < -0.3 is 14.8 Å². The lowest BCUT2D eigenvalue weighted by molar-refractivity contribution is -0.119. The van der Waals surface area contributed by atoms with Gasteiger partial charge in [0.15, 0.2) is 5.82 Å². The monoisotopic (exact) mass is 453 g/mol. The molecule has 148 valence electrons. The van der Waals surface area contributed by atoms with Gasteiger partial charge in [0, 0.05) is 34.9 Å². The SMILES string of the molecule is Cn1cnnc1-c1cccc(NC(=O)C2CCCN2C(=O)c2ccc(Br)cc2)c1. The van der Waals surface area contributed by atoms with Crippen LogP contribution in [-0.2, 0) is 11.8 Å². The van der Waals surface area contributed by atoms with Gasteiger partial charge in [-0.25, -0.2) is 0 Å². The molecular weight excluding hydrogens is 434 g/mol. The minimum Gasteiger partial charge on any atom is -0.327 e. The van der Waals surface area contributed by atoms with E-state index in [2.05, 4.69) is 31.4 Å². The van der Waals surface area contributed by atoms with Crippen molar-refractivity contribution in [3.8, 4) is 11.4 Å². The Labute approximate surface area is 176 Å². The summed E-state index contributed by atoms with van der Waals surface area (Å²) >= 11 is 3.38. The Morgan fingerprint density at radius 1 is 1.17 bits per heavy atom. The highest BCUT2D eigenvalue weighted by Crippen LogP contribution is 2.24. The number of carbonyl (C=O) groups excluding carboxylic acids is 2. The van der Waals surface area contributed by atoms with E-state index < -0.39 is 6.04 Å². The molecule has 2 heterocycles. The molecule has 1 N–H and O–H groups in total. The first-order valence-electron chi connectivity index (χ1n) is 9.35. The van der Waals surface area contributed by atoms with Crippen molar-refractivity contribution in [2.75, 3.05) is 11.9 Å². The van der Waals surface area contributed by atoms with Crippen molar-refractivity contribution in [2.45, 2.75) is 18.9 Å². The van der Waals surface area contributed by atoms with Crippen molar-refractivity contribution in [3.05, 3.63) is 64.9 Å². The van der Waals surface area contributed by atoms with Crippen LogP contribution in [0.1, 0.15) is 23.2 Å². The quantitative estimate of drug-likeness (QED) is 0.655. The summed E-state index contributed by atoms with van der Waals surface area (Å²) in [6.45, 7) is 0.575. The van der Waals surface area contributed by atoms with Crippen LogP contribution in [0.4, 0.5) is 5.69 Å². The van der Waals surface area contributed by atoms with Gasteiger partial charge in [-0.15, -0.1) is 10.2 Å². The van der Waals surface area contributed by atoms with E-state index in [9.17, 15) is 9.59 Å². The Bertz CT molecular complexity index is 1050. The van der Waals surface area contributed by atoms with Crippen LogP contribution in [0.5, 0.6) is 0 Å². The third-order valence-electron chi connectivity index (χ3n) is 5.01. The molecule has 1 aliphatic rings. The molecule has 0 bridgehead atoms. The normalized spacial score (nSPS) is 16.1. The van der Waals surface area contributed by atoms with Gasteiger partial charge in [-0.3, -0.25) is 9.59 Å². The predicted octanol–water partition coefficient (Wildman–Crippen LogP) is 3.49. The van der Waals surface area contributed by atoms with E-state index in [0.29, 0.717) is 30.0 Å². The second-order valence-corrected chi connectivity index (χ2v) is 7.91. The lowest BCUT2D eigenvalue weighted by atomic mass is 10.1. The Hall–Kier alpha value is -3.00. The molecule has 0 radical (unpaired) electrons. The number of nitrogens with zero attached hydrogens (tertiary/aromatic N) is 4. The maximum atomic E-state index is 12.9. The number of amides is 2. The van der Waals surface area contributed by atoms with Gasteiger partial charge in [0.2, 0.25) is 5.91 Å². The lowest BCUT2D eigenvalue weighted by Gasteiger charge is -2.24. The molecule has 29 heavy (non-hydrogen) atoms. The van der Waals surface area contributed by atoms with Crippen molar-refractivity contribution in [2.24, 2.45) is 7.05 Å². The molecule has 0 saturated carbocycles. The molecule has 7 nitrogen and oxygen atoms in total. The topological polar surface area (TPSA) is 80.1 Å². The maximum Gasteiger partial charge on any atom is 0.254 e. The third kappa shape index (κ3) is 4.07. The number of aromatic nitrogens is 3. The first kappa shape index (κ1) is 19.3. The van der Waals surface area contributed by atoms with Crippen LogP contribution in [0, 0.1) is 0 Å². The van der Waals surface area contributed by atoms with Crippen LogP contribution < -0.4 is 5.32 Å². The number of halogens is 1. The number of hydrogen-bond donors (Lipinski definition) is 1. The zero-order valence-electron chi connectivity index (χ0n) is 15.9. The number of hydrogen-bond acceptors (Lipinski definition) is 4. The van der Waals surface area contributed by atoms with E-state index in [4.69, 9.17) is 0 Å². The van der Waals surface area contributed by atoms with E-state index in [1.807, 2.05) is 48.0 Å². The molecule has 4 rings (SSSR count). The Morgan fingerprint density at radius 2 is 1.97 bits per heavy atom. The predicted molar refractivity (Wildman–Crippen MR) is 113 cm³/mol. The smallest absolute Gasteiger partial charge is 0.254 e. The largest absolute Gasteiger partial charge is 0.327 e. The minimum atomic E-state index is -0.482. The number of benzene rings is 2. The lowest BCUT2D eigenvalue weighted by Crippen LogP contribution is -2.43. The molecular formula is C21H20BrN5O2. The molecule has 0 spiro atoms. The average molecular weight is 454 g/mol. The van der Waals surface area contributed by atoms with Crippen LogP contribution in [0.15, 0.2) is 59.3 Å². The van der Waals surface area contributed by atoms with Crippen molar-refractivity contribution in [1.82, 2.24) is 19.7 Å². The fraction of sp³-hybridized carbons (Fsp3) is 0.238. The second-order valence-electron chi connectivity index (χ2n) is 7.00. The van der Waals surface area contributed by atoms with Crippen LogP contribution in [0.2, 0.25) is 0 Å². The van der Waals surface area contributed by atoms with Crippen molar-refractivity contribution in [3.63, 3.8) is 0 Å².